The lowest BCUT2D eigenvalue weighted by Gasteiger charge is -2.31. The Morgan fingerprint density at radius 2 is 1.87 bits per heavy atom. The minimum absolute atomic E-state index is 0.0981. The molecular weight excluding hydrogens is 394 g/mol. The Balaban J connectivity index is 2.39. The number of nitrogens with zero attached hydrogens (tertiary/aromatic N) is 2. The fourth-order valence-corrected chi connectivity index (χ4v) is 3.61. The van der Waals surface area contributed by atoms with Gasteiger partial charge in [-0.05, 0) is 42.9 Å². The average Bonchev–Trinajstić information content (AvgIpc) is 3.09. The number of carbonyl (C=O) groups is 2. The Morgan fingerprint density at radius 3 is 2.39 bits per heavy atom. The molecule has 0 radical (unpaired) electrons. The third-order valence-electron chi connectivity index (χ3n) is 4.78. The standard InChI is InChI=1S/C24H35N3O4/c1-7-23(30-15-28)19-8-9-22(27(13-16(2)3)14-17(4)5)21(11-19)25-24(29)12-20-10-18(6)26-31-20/h8-11,15-17,23H,7,12-14H2,1-6H3,(H,25,29). The van der Waals surface area contributed by atoms with Crippen molar-refractivity contribution in [1.82, 2.24) is 5.16 Å². The first-order chi connectivity index (χ1) is 14.7. The van der Waals surface area contributed by atoms with E-state index in [4.69, 9.17) is 9.26 Å². The van der Waals surface area contributed by atoms with Crippen LogP contribution in [0.5, 0.6) is 0 Å². The number of anilines is 2. The van der Waals surface area contributed by atoms with E-state index in [2.05, 4.69) is 43.1 Å². The molecule has 7 nitrogen and oxygen atoms in total. The SMILES string of the molecule is CCC(OC=O)c1ccc(N(CC(C)C)CC(C)C)c(NC(=O)Cc2cc(C)no2)c1. The summed E-state index contributed by atoms with van der Waals surface area (Å²) in [5.74, 6) is 1.25. The number of amides is 1. The number of rotatable bonds is 12. The van der Waals surface area contributed by atoms with Crippen LogP contribution in [-0.4, -0.2) is 30.6 Å². The molecule has 1 aromatic heterocycles. The van der Waals surface area contributed by atoms with Gasteiger partial charge >= 0.3 is 0 Å². The molecule has 2 aromatic rings. The van der Waals surface area contributed by atoms with Crippen molar-refractivity contribution in [3.8, 4) is 0 Å². The quantitative estimate of drug-likeness (QED) is 0.483. The van der Waals surface area contributed by atoms with E-state index in [-0.39, 0.29) is 18.4 Å². The van der Waals surface area contributed by atoms with Crippen LogP contribution in [0, 0.1) is 18.8 Å². The van der Waals surface area contributed by atoms with Crippen molar-refractivity contribution in [3.05, 3.63) is 41.3 Å². The number of nitrogens with one attached hydrogen (secondary N) is 1. The summed E-state index contributed by atoms with van der Waals surface area (Å²) >= 11 is 0. The van der Waals surface area contributed by atoms with Gasteiger partial charge in [-0.2, -0.15) is 0 Å². The van der Waals surface area contributed by atoms with Crippen molar-refractivity contribution in [2.45, 2.75) is 60.5 Å². The lowest BCUT2D eigenvalue weighted by atomic mass is 10.0. The van der Waals surface area contributed by atoms with E-state index < -0.39 is 0 Å². The molecule has 0 aliphatic heterocycles. The first kappa shape index (κ1) is 24.4. The van der Waals surface area contributed by atoms with Gasteiger partial charge in [-0.25, -0.2) is 0 Å². The Kier molecular flexibility index (Phi) is 9.09. The summed E-state index contributed by atoms with van der Waals surface area (Å²) in [6, 6.07) is 7.64. The van der Waals surface area contributed by atoms with Crippen molar-refractivity contribution in [2.24, 2.45) is 11.8 Å². The van der Waals surface area contributed by atoms with Gasteiger partial charge in [0.25, 0.3) is 6.47 Å². The molecule has 0 aliphatic carbocycles. The van der Waals surface area contributed by atoms with Gasteiger partial charge in [0, 0.05) is 19.2 Å². The van der Waals surface area contributed by atoms with Gasteiger partial charge < -0.3 is 19.5 Å². The minimum Gasteiger partial charge on any atom is -0.460 e. The van der Waals surface area contributed by atoms with Gasteiger partial charge in [0.1, 0.15) is 11.9 Å². The molecule has 31 heavy (non-hydrogen) atoms. The molecule has 1 N–H and O–H groups in total. The van der Waals surface area contributed by atoms with Crippen LogP contribution in [0.2, 0.25) is 0 Å². The molecule has 1 amide bonds. The topological polar surface area (TPSA) is 84.7 Å². The Bertz CT molecular complexity index is 850. The van der Waals surface area contributed by atoms with Crippen LogP contribution in [0.15, 0.2) is 28.8 Å². The second-order valence-corrected chi connectivity index (χ2v) is 8.76. The maximum Gasteiger partial charge on any atom is 0.293 e. The summed E-state index contributed by atoms with van der Waals surface area (Å²) in [6.45, 7) is 14.7. The second-order valence-electron chi connectivity index (χ2n) is 8.76. The minimum atomic E-state index is -0.359. The molecule has 0 bridgehead atoms. The van der Waals surface area contributed by atoms with Crippen LogP contribution in [0.25, 0.3) is 0 Å². The highest BCUT2D eigenvalue weighted by Gasteiger charge is 2.20. The molecule has 0 aliphatic rings. The summed E-state index contributed by atoms with van der Waals surface area (Å²) in [6.07, 6.45) is 0.383. The summed E-state index contributed by atoms with van der Waals surface area (Å²) in [7, 11) is 0. The Hall–Kier alpha value is -2.83. The number of hydrogen-bond donors (Lipinski definition) is 1. The third kappa shape index (κ3) is 7.42. The smallest absolute Gasteiger partial charge is 0.293 e. The summed E-state index contributed by atoms with van der Waals surface area (Å²) in [5.41, 5.74) is 3.24. The lowest BCUT2D eigenvalue weighted by Crippen LogP contribution is -2.32. The van der Waals surface area contributed by atoms with Gasteiger partial charge in [0.2, 0.25) is 5.91 Å². The molecule has 1 aromatic carbocycles. The Morgan fingerprint density at radius 1 is 1.19 bits per heavy atom. The molecular formula is C24H35N3O4. The number of ether oxygens (including phenoxy) is 1. The van der Waals surface area contributed by atoms with E-state index in [1.165, 1.54) is 0 Å². The van der Waals surface area contributed by atoms with Crippen LogP contribution in [0.1, 0.15) is 64.2 Å². The van der Waals surface area contributed by atoms with Crippen LogP contribution in [-0.2, 0) is 20.7 Å². The molecule has 1 unspecified atom stereocenters. The highest BCUT2D eigenvalue weighted by atomic mass is 16.5. The number of hydrogen-bond acceptors (Lipinski definition) is 6. The number of aromatic nitrogens is 1. The van der Waals surface area contributed by atoms with Crippen LogP contribution in [0.4, 0.5) is 11.4 Å². The highest BCUT2D eigenvalue weighted by Crippen LogP contribution is 2.32. The molecule has 2 rings (SSSR count). The van der Waals surface area contributed by atoms with Crippen molar-refractivity contribution in [3.63, 3.8) is 0 Å². The summed E-state index contributed by atoms with van der Waals surface area (Å²) in [5, 5.41) is 6.89. The van der Waals surface area contributed by atoms with E-state index in [0.29, 0.717) is 36.2 Å². The second kappa shape index (κ2) is 11.5. The fraction of sp³-hybridized carbons (Fsp3) is 0.542. The molecule has 170 valence electrons. The van der Waals surface area contributed by atoms with Crippen LogP contribution < -0.4 is 10.2 Å². The van der Waals surface area contributed by atoms with Crippen LogP contribution >= 0.6 is 0 Å². The normalized spacial score (nSPS) is 12.1. The van der Waals surface area contributed by atoms with Crippen molar-refractivity contribution >= 4 is 23.8 Å². The van der Waals surface area contributed by atoms with E-state index in [1.54, 1.807) is 6.07 Å². The zero-order chi connectivity index (χ0) is 23.0. The maximum absolute atomic E-state index is 12.8. The fourth-order valence-electron chi connectivity index (χ4n) is 3.61. The summed E-state index contributed by atoms with van der Waals surface area (Å²) in [4.78, 5) is 26.0. The monoisotopic (exact) mass is 429 g/mol. The van der Waals surface area contributed by atoms with E-state index in [1.807, 2.05) is 32.0 Å². The lowest BCUT2D eigenvalue weighted by molar-refractivity contribution is -0.134. The number of benzene rings is 1. The zero-order valence-electron chi connectivity index (χ0n) is 19.5. The van der Waals surface area contributed by atoms with Crippen LogP contribution in [0.3, 0.4) is 0 Å². The van der Waals surface area contributed by atoms with E-state index >= 15 is 0 Å². The molecule has 0 spiro atoms. The number of carbonyl (C=O) groups excluding carboxylic acids is 2. The van der Waals surface area contributed by atoms with Gasteiger partial charge in [0.05, 0.1) is 23.5 Å². The Labute approximate surface area is 185 Å². The van der Waals surface area contributed by atoms with Crippen molar-refractivity contribution < 1.29 is 18.8 Å². The van der Waals surface area contributed by atoms with Gasteiger partial charge in [-0.15, -0.1) is 0 Å². The van der Waals surface area contributed by atoms with Crippen molar-refractivity contribution in [1.29, 1.82) is 0 Å². The summed E-state index contributed by atoms with van der Waals surface area (Å²) < 4.78 is 10.4. The van der Waals surface area contributed by atoms with E-state index in [0.717, 1.165) is 30.0 Å². The zero-order valence-corrected chi connectivity index (χ0v) is 19.5. The van der Waals surface area contributed by atoms with Gasteiger partial charge in [-0.3, -0.25) is 9.59 Å². The largest absolute Gasteiger partial charge is 0.460 e. The number of aryl methyl sites for hydroxylation is 1. The highest BCUT2D eigenvalue weighted by molar-refractivity contribution is 5.95. The predicted octanol–water partition coefficient (Wildman–Crippen LogP) is 4.91. The third-order valence-corrected chi connectivity index (χ3v) is 4.78. The van der Waals surface area contributed by atoms with Gasteiger partial charge in [0.15, 0.2) is 0 Å². The first-order valence-corrected chi connectivity index (χ1v) is 10.9. The van der Waals surface area contributed by atoms with Gasteiger partial charge in [-0.1, -0.05) is 45.8 Å². The molecule has 1 atom stereocenters. The first-order valence-electron chi connectivity index (χ1n) is 10.9. The van der Waals surface area contributed by atoms with Crippen molar-refractivity contribution in [2.75, 3.05) is 23.3 Å². The molecule has 0 saturated carbocycles. The molecule has 0 fully saturated rings. The molecule has 1 heterocycles. The molecule has 0 saturated heterocycles. The predicted molar refractivity (Wildman–Crippen MR) is 122 cm³/mol. The van der Waals surface area contributed by atoms with E-state index in [9.17, 15) is 9.59 Å². The maximum atomic E-state index is 12.8. The average molecular weight is 430 g/mol. The molecule has 7 heteroatoms.